The van der Waals surface area contributed by atoms with Crippen molar-refractivity contribution >= 4 is 0 Å². The van der Waals surface area contributed by atoms with Crippen LogP contribution >= 0.6 is 0 Å². The summed E-state index contributed by atoms with van der Waals surface area (Å²) in [5.41, 5.74) is 1.53. The van der Waals surface area contributed by atoms with Crippen LogP contribution in [0, 0.1) is 0 Å². The Morgan fingerprint density at radius 1 is 1.11 bits per heavy atom. The van der Waals surface area contributed by atoms with Gasteiger partial charge in [0.15, 0.2) is 5.82 Å². The predicted octanol–water partition coefficient (Wildman–Crippen LogP) is 2.87. The van der Waals surface area contributed by atoms with Gasteiger partial charge in [0.25, 0.3) is 5.56 Å². The van der Waals surface area contributed by atoms with Crippen LogP contribution in [0.1, 0.15) is 31.0 Å². The van der Waals surface area contributed by atoms with Gasteiger partial charge in [-0.2, -0.15) is 0 Å². The maximum absolute atomic E-state index is 12.7. The normalized spacial score (nSPS) is 18.5. The molecule has 1 aliphatic rings. The molecule has 2 aromatic heterocycles. The van der Waals surface area contributed by atoms with Gasteiger partial charge in [-0.3, -0.25) is 4.79 Å². The summed E-state index contributed by atoms with van der Waals surface area (Å²) in [6.45, 7) is 4.21. The van der Waals surface area contributed by atoms with Gasteiger partial charge in [-0.25, -0.2) is 4.68 Å². The van der Waals surface area contributed by atoms with Gasteiger partial charge in [0.1, 0.15) is 23.2 Å². The fraction of sp³-hybridized carbons (Fsp3) is 0.308. The number of aliphatic hydroxyl groups excluding tert-OH is 1. The second kappa shape index (κ2) is 8.99. The number of methoxy groups -OCH3 is 1. The highest BCUT2D eigenvalue weighted by molar-refractivity contribution is 5.60. The molecule has 3 heterocycles. The third-order valence-electron chi connectivity index (χ3n) is 6.42. The monoisotopic (exact) mass is 473 g/mol. The van der Waals surface area contributed by atoms with Crippen molar-refractivity contribution in [3.8, 4) is 22.9 Å². The number of nitrogens with zero attached hydrogens (tertiary/aromatic N) is 5. The Morgan fingerprint density at radius 2 is 1.91 bits per heavy atom. The van der Waals surface area contributed by atoms with E-state index in [0.717, 1.165) is 23.3 Å². The SMILES string of the molecule is COc1ccc(CCn2nnnc2-c2ccc3c(c2)[C@H](n2ccccc2=O)[C@@H](O)C(C)(C)O3)cc1. The van der Waals surface area contributed by atoms with Crippen molar-refractivity contribution in [2.45, 2.75) is 44.6 Å². The lowest BCUT2D eigenvalue weighted by molar-refractivity contribution is -0.0642. The number of aryl methyl sites for hydroxylation is 2. The van der Waals surface area contributed by atoms with Crippen LogP contribution in [-0.4, -0.2) is 48.7 Å². The molecule has 0 amide bonds. The quantitative estimate of drug-likeness (QED) is 0.459. The minimum absolute atomic E-state index is 0.199. The highest BCUT2D eigenvalue weighted by atomic mass is 16.5. The van der Waals surface area contributed by atoms with Crippen molar-refractivity contribution in [2.75, 3.05) is 7.11 Å². The van der Waals surface area contributed by atoms with Crippen LogP contribution in [0.4, 0.5) is 0 Å². The summed E-state index contributed by atoms with van der Waals surface area (Å²) in [6, 6.07) is 17.9. The maximum Gasteiger partial charge on any atom is 0.251 e. The molecule has 0 aliphatic carbocycles. The van der Waals surface area contributed by atoms with Crippen LogP contribution in [-0.2, 0) is 13.0 Å². The Hall–Kier alpha value is -3.98. The first-order valence-electron chi connectivity index (χ1n) is 11.4. The zero-order chi connectivity index (χ0) is 24.6. The molecule has 2 atom stereocenters. The van der Waals surface area contributed by atoms with Gasteiger partial charge in [0.05, 0.1) is 13.2 Å². The highest BCUT2D eigenvalue weighted by Gasteiger charge is 2.44. The van der Waals surface area contributed by atoms with Crippen molar-refractivity contribution in [3.63, 3.8) is 0 Å². The number of aromatic nitrogens is 5. The van der Waals surface area contributed by atoms with Crippen LogP contribution in [0.25, 0.3) is 11.4 Å². The van der Waals surface area contributed by atoms with E-state index in [4.69, 9.17) is 9.47 Å². The Kier molecular flexibility index (Phi) is 5.86. The first-order valence-corrected chi connectivity index (χ1v) is 11.4. The van der Waals surface area contributed by atoms with E-state index in [0.29, 0.717) is 23.7 Å². The Morgan fingerprint density at radius 3 is 2.66 bits per heavy atom. The Labute approximate surface area is 202 Å². The largest absolute Gasteiger partial charge is 0.497 e. The number of rotatable bonds is 6. The van der Waals surface area contributed by atoms with Crippen LogP contribution in [0.3, 0.4) is 0 Å². The van der Waals surface area contributed by atoms with Gasteiger partial charge in [0.2, 0.25) is 0 Å². The zero-order valence-electron chi connectivity index (χ0n) is 19.8. The molecule has 35 heavy (non-hydrogen) atoms. The average molecular weight is 474 g/mol. The fourth-order valence-electron chi connectivity index (χ4n) is 4.47. The van der Waals surface area contributed by atoms with E-state index in [1.54, 1.807) is 34.7 Å². The molecule has 4 aromatic rings. The molecule has 0 bridgehead atoms. The molecule has 180 valence electrons. The van der Waals surface area contributed by atoms with E-state index in [1.165, 1.54) is 6.07 Å². The molecular weight excluding hydrogens is 446 g/mol. The summed E-state index contributed by atoms with van der Waals surface area (Å²) in [5, 5.41) is 23.5. The molecule has 9 heteroatoms. The van der Waals surface area contributed by atoms with Crippen LogP contribution in [0.15, 0.2) is 71.7 Å². The van der Waals surface area contributed by atoms with E-state index in [-0.39, 0.29) is 5.56 Å². The lowest BCUT2D eigenvalue weighted by atomic mass is 9.85. The number of hydrogen-bond donors (Lipinski definition) is 1. The molecule has 0 spiro atoms. The van der Waals surface area contributed by atoms with Crippen LogP contribution < -0.4 is 15.0 Å². The molecule has 5 rings (SSSR count). The lowest BCUT2D eigenvalue weighted by Gasteiger charge is -2.42. The first kappa shape index (κ1) is 22.8. The number of ether oxygens (including phenoxy) is 2. The lowest BCUT2D eigenvalue weighted by Crippen LogP contribution is -2.52. The molecular formula is C26H27N5O4. The number of fused-ring (bicyclic) bond motifs is 1. The topological polar surface area (TPSA) is 104 Å². The third-order valence-corrected chi connectivity index (χ3v) is 6.42. The minimum Gasteiger partial charge on any atom is -0.497 e. The van der Waals surface area contributed by atoms with Crippen LogP contribution in [0.2, 0.25) is 0 Å². The molecule has 9 nitrogen and oxygen atoms in total. The Bertz CT molecular complexity index is 1390. The molecule has 2 aromatic carbocycles. The summed E-state index contributed by atoms with van der Waals surface area (Å²) in [5.74, 6) is 2.02. The molecule has 0 saturated carbocycles. The summed E-state index contributed by atoms with van der Waals surface area (Å²) in [4.78, 5) is 12.7. The van der Waals surface area contributed by atoms with Crippen molar-refractivity contribution in [2.24, 2.45) is 0 Å². The van der Waals surface area contributed by atoms with E-state index in [1.807, 2.05) is 56.3 Å². The second-order valence-electron chi connectivity index (χ2n) is 9.12. The highest BCUT2D eigenvalue weighted by Crippen LogP contribution is 2.42. The second-order valence-corrected chi connectivity index (χ2v) is 9.12. The molecule has 1 N–H and O–H groups in total. The predicted molar refractivity (Wildman–Crippen MR) is 130 cm³/mol. The smallest absolute Gasteiger partial charge is 0.251 e. The van der Waals surface area contributed by atoms with Crippen molar-refractivity contribution in [1.29, 1.82) is 0 Å². The van der Waals surface area contributed by atoms with Crippen LogP contribution in [0.5, 0.6) is 11.5 Å². The summed E-state index contributed by atoms with van der Waals surface area (Å²) in [6.07, 6.45) is 1.48. The van der Waals surface area contributed by atoms with Gasteiger partial charge in [-0.15, -0.1) is 5.10 Å². The molecule has 0 saturated heterocycles. The summed E-state index contributed by atoms with van der Waals surface area (Å²) in [7, 11) is 1.64. The number of benzene rings is 2. The summed E-state index contributed by atoms with van der Waals surface area (Å²) < 4.78 is 14.6. The number of aliphatic hydroxyl groups is 1. The van der Waals surface area contributed by atoms with Crippen molar-refractivity contribution in [1.82, 2.24) is 24.8 Å². The number of tetrazole rings is 1. The maximum atomic E-state index is 12.7. The first-order chi connectivity index (χ1) is 16.9. The summed E-state index contributed by atoms with van der Waals surface area (Å²) >= 11 is 0. The molecule has 0 radical (unpaired) electrons. The van der Waals surface area contributed by atoms with Gasteiger partial charge in [-0.1, -0.05) is 18.2 Å². The fourth-order valence-corrected chi connectivity index (χ4v) is 4.47. The molecule has 0 fully saturated rings. The van der Waals surface area contributed by atoms with Crippen molar-refractivity contribution < 1.29 is 14.6 Å². The van der Waals surface area contributed by atoms with Crippen molar-refractivity contribution in [3.05, 3.63) is 88.3 Å². The standard InChI is InChI=1S/C26H27N5O4/c1-26(2)24(33)23(30-14-5-4-6-22(30)32)20-16-18(9-12-21(20)35-26)25-27-28-29-31(25)15-13-17-7-10-19(34-3)11-8-17/h4-12,14,16,23-24,33H,13,15H2,1-3H3/t23-,24+/m0/s1. The van der Waals surface area contributed by atoms with Gasteiger partial charge in [0, 0.05) is 29.9 Å². The van der Waals surface area contributed by atoms with Gasteiger partial charge >= 0.3 is 0 Å². The Balaban J connectivity index is 1.49. The third kappa shape index (κ3) is 4.30. The van der Waals surface area contributed by atoms with Gasteiger partial charge < -0.3 is 19.1 Å². The molecule has 1 aliphatic heterocycles. The van der Waals surface area contributed by atoms with E-state index < -0.39 is 17.7 Å². The van der Waals surface area contributed by atoms with E-state index in [9.17, 15) is 9.90 Å². The van der Waals surface area contributed by atoms with E-state index in [2.05, 4.69) is 15.5 Å². The molecule has 0 unspecified atom stereocenters. The van der Waals surface area contributed by atoms with Gasteiger partial charge in [-0.05, 0) is 72.7 Å². The average Bonchev–Trinajstić information content (AvgIpc) is 3.33. The number of pyridine rings is 1. The zero-order valence-corrected chi connectivity index (χ0v) is 19.8. The minimum atomic E-state index is -0.948. The number of hydrogen-bond acceptors (Lipinski definition) is 7. The van der Waals surface area contributed by atoms with E-state index >= 15 is 0 Å².